The van der Waals surface area contributed by atoms with Gasteiger partial charge in [0, 0.05) is 0 Å². The van der Waals surface area contributed by atoms with E-state index in [1.807, 2.05) is 280 Å². The molecular formula is C83H136N16W4. The Morgan fingerprint density at radius 1 is 0.291 bits per heavy atom. The summed E-state index contributed by atoms with van der Waals surface area (Å²) in [4.78, 5) is 16.2. The molecule has 0 aliphatic heterocycles. The minimum Gasteiger partial charge on any atom is -0.0623 e. The Labute approximate surface area is 671 Å². The van der Waals surface area contributed by atoms with Gasteiger partial charge in [-0.25, -0.2) is 0 Å². The van der Waals surface area contributed by atoms with Crippen LogP contribution in [-0.2, 0) is 77.4 Å². The third-order valence-corrected chi connectivity index (χ3v) is 14.9. The number of para-hydroxylation sites is 5. The van der Waals surface area contributed by atoms with Gasteiger partial charge in [0.1, 0.15) is 0 Å². The van der Waals surface area contributed by atoms with Crippen LogP contribution < -0.4 is 65.5 Å². The van der Waals surface area contributed by atoms with Crippen LogP contribution in [0.4, 0.5) is 28.4 Å². The number of rotatable bonds is 14. The second-order valence-corrected chi connectivity index (χ2v) is 30.9. The molecule has 0 bridgehead atoms. The van der Waals surface area contributed by atoms with Crippen molar-refractivity contribution in [3.63, 3.8) is 0 Å². The second-order valence-electron chi connectivity index (χ2n) is 25.2. The minimum atomic E-state index is 0.278. The first-order valence-electron chi connectivity index (χ1n) is 35.4. The van der Waals surface area contributed by atoms with Crippen molar-refractivity contribution in [1.29, 1.82) is 0 Å². The molecule has 7 aromatic carbocycles. The molecule has 0 unspecified atom stereocenters. The molecule has 0 aliphatic carbocycles. The van der Waals surface area contributed by atoms with E-state index in [4.69, 9.17) is 22.9 Å². The Morgan fingerprint density at radius 3 is 0.670 bits per heavy atom. The van der Waals surface area contributed by atoms with Crippen molar-refractivity contribution in [3.05, 3.63) is 224 Å². The smallest absolute Gasteiger partial charge is 0.0623 e. The van der Waals surface area contributed by atoms with Crippen molar-refractivity contribution in [2.45, 2.75) is 179 Å². The molecule has 0 aromatic heterocycles. The van der Waals surface area contributed by atoms with Crippen LogP contribution in [0.1, 0.15) is 179 Å². The molecule has 0 radical (unpaired) electrons. The van der Waals surface area contributed by atoms with Gasteiger partial charge >= 0.3 is 430 Å². The first kappa shape index (κ1) is 107. The van der Waals surface area contributed by atoms with Gasteiger partial charge in [0.15, 0.2) is 0 Å². The molecule has 0 saturated heterocycles. The van der Waals surface area contributed by atoms with Crippen molar-refractivity contribution in [1.82, 2.24) is 16.0 Å². The van der Waals surface area contributed by atoms with Crippen LogP contribution in [0, 0.1) is 21.7 Å². The molecule has 0 spiro atoms. The maximum atomic E-state index is 5.85. The summed E-state index contributed by atoms with van der Waals surface area (Å²) >= 11 is 5.04. The van der Waals surface area contributed by atoms with Crippen molar-refractivity contribution >= 4 is 68.9 Å². The summed E-state index contributed by atoms with van der Waals surface area (Å²) in [6.45, 7) is 50.3. The summed E-state index contributed by atoms with van der Waals surface area (Å²) in [5.74, 6) is 1.61. The summed E-state index contributed by atoms with van der Waals surface area (Å²) in [6.07, 6.45) is 3.81. The van der Waals surface area contributed by atoms with Crippen molar-refractivity contribution in [2.24, 2.45) is 64.6 Å². The van der Waals surface area contributed by atoms with E-state index >= 15 is 0 Å². The Hall–Kier alpha value is -6.79. The Morgan fingerprint density at radius 2 is 0.476 bits per heavy atom. The van der Waals surface area contributed by atoms with Crippen LogP contribution in [0.5, 0.6) is 0 Å². The zero-order valence-electron chi connectivity index (χ0n) is 67.4. The summed E-state index contributed by atoms with van der Waals surface area (Å²) in [7, 11) is 3.31. The minimum absolute atomic E-state index is 0.278. The van der Waals surface area contributed by atoms with Gasteiger partial charge in [0.05, 0.1) is 0 Å². The average Bonchev–Trinajstić information content (AvgIpc) is 0.948. The van der Waals surface area contributed by atoms with Gasteiger partial charge in [-0.05, 0) is 16.2 Å². The zero-order chi connectivity index (χ0) is 80.0. The van der Waals surface area contributed by atoms with E-state index in [1.165, 1.54) is 96.7 Å². The molecule has 0 heterocycles. The number of nitrogens with one attached hydrogen (secondary N) is 8. The van der Waals surface area contributed by atoms with Crippen LogP contribution in [0.2, 0.25) is 0 Å². The number of anilines is 5. The standard InChI is InChI=1S/2C14H14N4.C9H12N4.C8H18N4.2C6H6.3C6H14.4C2H6.4W/c2*15-14(18-13-9-5-2-6-10-13)17-11-16-12-7-3-1-4-8-12;1-11-9(10)13-7-12-8-5-3-2-4-6-8;1-8(2,3)5-11-6-12-7(9)10-4;2*1-2-4-6-5-3-1;3*1-5-6(2,3)4;4*1-2;;;;/h2*1-10,16H,(H3,15,17,18);2-6,12H,1H3,(H3,10,11,13);11H,5H2,1-4H3,(H3,9,10,12);2*1-6H;3*5H2,1-4H3;4*1-2H3;;;;. The predicted molar refractivity (Wildman–Crippen MR) is 450 cm³/mol. The second kappa shape index (κ2) is 70.9. The molecule has 0 atom stereocenters. The van der Waals surface area contributed by atoms with E-state index < -0.39 is 0 Å². The number of nitrogens with two attached hydrogens (primary N) is 4. The van der Waals surface area contributed by atoms with Crippen molar-refractivity contribution in [3.8, 4) is 0 Å². The third kappa shape index (κ3) is 82.4. The number of benzene rings is 7. The van der Waals surface area contributed by atoms with Crippen LogP contribution in [0.25, 0.3) is 0 Å². The van der Waals surface area contributed by atoms with Crippen molar-refractivity contribution < 1.29 is 77.4 Å². The maximum absolute atomic E-state index is 5.85. The quantitative estimate of drug-likeness (QED) is 0.0359. The molecule has 0 saturated carbocycles. The first-order valence-corrected chi connectivity index (χ1v) is 41.3. The number of hydrogen-bond acceptors (Lipinski definition) is 8. The molecule has 7 aromatic rings. The van der Waals surface area contributed by atoms with Gasteiger partial charge in [-0.1, -0.05) is 231 Å². The van der Waals surface area contributed by atoms with Gasteiger partial charge in [-0.15, -0.1) is 0 Å². The molecule has 7 rings (SSSR count). The van der Waals surface area contributed by atoms with Crippen LogP contribution in [-0.4, -0.2) is 61.1 Å². The van der Waals surface area contributed by atoms with Crippen LogP contribution >= 0.6 is 0 Å². The van der Waals surface area contributed by atoms with E-state index in [-0.39, 0.29) is 5.41 Å². The molecular weight excluding hydrogens is 1960 g/mol. The number of nitrogens with zero attached hydrogens (tertiary/aromatic N) is 4. The average molecular weight is 2090 g/mol. The molecule has 0 aliphatic rings. The normalized spacial score (nSPS) is 10.3. The Bertz CT molecular complexity index is 2960. The molecule has 16 nitrogen and oxygen atoms in total. The third-order valence-electron chi connectivity index (χ3n) is 11.9. The van der Waals surface area contributed by atoms with Crippen LogP contribution in [0.15, 0.2) is 244 Å². The van der Waals surface area contributed by atoms with Gasteiger partial charge in [0.2, 0.25) is 0 Å². The van der Waals surface area contributed by atoms with E-state index in [9.17, 15) is 0 Å². The Kier molecular flexibility index (Phi) is 73.7. The topological polar surface area (TPSA) is 250 Å². The summed E-state index contributed by atoms with van der Waals surface area (Å²) < 4.78 is 3.57. The number of hydrogen-bond donors (Lipinski definition) is 12. The predicted octanol–water partition coefficient (Wildman–Crippen LogP) is 19.2. The van der Waals surface area contributed by atoms with E-state index in [0.29, 0.717) is 40.1 Å². The molecule has 16 N–H and O–H groups in total. The van der Waals surface area contributed by atoms with E-state index in [2.05, 4.69) is 166 Å². The molecule has 103 heavy (non-hydrogen) atoms. The summed E-state index contributed by atoms with van der Waals surface area (Å²) in [5.41, 5.74) is 29.5. The Balaban J connectivity index is -0.000000263. The van der Waals surface area contributed by atoms with E-state index in [1.54, 1.807) is 14.1 Å². The SMILES string of the molecule is CC.CC.CC.CC.CCC(C)(C)C.CCC(C)(C)C.CCC(C)(C)C.CN=C(N)N[C](=[W])NCC(C)(C)C.CN=C(N)N[C](=[W])Nc1ccccc1.NC(=N[C](=[W])Nc1ccccc1)Nc1ccccc1.NC(=N[C](=[W])Nc1ccccc1)Nc1ccccc1.c1ccccc1.c1ccccc1. The van der Waals surface area contributed by atoms with Gasteiger partial charge in [-0.3, -0.25) is 0 Å². The van der Waals surface area contributed by atoms with E-state index in [0.717, 1.165) is 51.6 Å². The first-order chi connectivity index (χ1) is 48.7. The summed E-state index contributed by atoms with van der Waals surface area (Å²) in [6, 6.07) is 73.1. The van der Waals surface area contributed by atoms with Gasteiger partial charge < -0.3 is 0 Å². The fraction of sp³-hybridized carbons (Fsp3) is 0.398. The van der Waals surface area contributed by atoms with Crippen LogP contribution in [0.3, 0.4) is 0 Å². The monoisotopic (exact) mass is 2090 g/mol. The zero-order valence-corrected chi connectivity index (χ0v) is 79.2. The largest absolute Gasteiger partial charge is 0.0623 e. The molecule has 0 amide bonds. The maximum Gasteiger partial charge on any atom is -0.0623 e. The fourth-order valence-electron chi connectivity index (χ4n) is 5.15. The number of guanidine groups is 4. The molecule has 0 fully saturated rings. The fourth-order valence-corrected chi connectivity index (χ4v) is 8.13. The summed E-state index contributed by atoms with van der Waals surface area (Å²) in [5, 5.41) is 24.9. The van der Waals surface area contributed by atoms with Crippen molar-refractivity contribution in [2.75, 3.05) is 47.2 Å². The van der Waals surface area contributed by atoms with Gasteiger partial charge in [0.25, 0.3) is 0 Å². The molecule has 572 valence electrons. The molecule has 20 heteroatoms. The number of aliphatic imine (C=N–C) groups is 4. The van der Waals surface area contributed by atoms with Gasteiger partial charge in [-0.2, -0.15) is 0 Å².